The average Bonchev–Trinajstić information content (AvgIpc) is 2.38. The van der Waals surface area contributed by atoms with Crippen LogP contribution < -0.4 is 5.32 Å². The Labute approximate surface area is 112 Å². The number of hydrogen-bond donors (Lipinski definition) is 1. The summed E-state index contributed by atoms with van der Waals surface area (Å²) in [5.74, 6) is 0. The fraction of sp³-hybridized carbons (Fsp3) is 1.00. The summed E-state index contributed by atoms with van der Waals surface area (Å²) in [5, 5.41) is 3.63. The van der Waals surface area contributed by atoms with Crippen molar-refractivity contribution >= 4 is 0 Å². The minimum atomic E-state index is 0.695. The molecule has 1 saturated heterocycles. The Kier molecular flexibility index (Phi) is 8.59. The highest BCUT2D eigenvalue weighted by Crippen LogP contribution is 2.12. The predicted molar refractivity (Wildman–Crippen MR) is 75.0 cm³/mol. The molecule has 1 rings (SSSR count). The van der Waals surface area contributed by atoms with Gasteiger partial charge < -0.3 is 19.7 Å². The number of nitrogens with one attached hydrogen (secondary N) is 1. The average molecular weight is 258 g/mol. The van der Waals surface area contributed by atoms with Crippen molar-refractivity contribution in [2.24, 2.45) is 0 Å². The molecule has 1 N–H and O–H groups in total. The van der Waals surface area contributed by atoms with Crippen LogP contribution in [0.15, 0.2) is 0 Å². The van der Waals surface area contributed by atoms with Crippen LogP contribution in [-0.2, 0) is 9.47 Å². The van der Waals surface area contributed by atoms with Crippen molar-refractivity contribution in [2.75, 3.05) is 46.6 Å². The van der Waals surface area contributed by atoms with Gasteiger partial charge in [0.2, 0.25) is 0 Å². The summed E-state index contributed by atoms with van der Waals surface area (Å²) in [5.41, 5.74) is 0. The first-order valence-electron chi connectivity index (χ1n) is 7.28. The van der Waals surface area contributed by atoms with Crippen LogP contribution >= 0.6 is 0 Å². The Hall–Kier alpha value is -0.160. The molecule has 1 aliphatic rings. The van der Waals surface area contributed by atoms with E-state index in [1.165, 1.54) is 25.9 Å². The van der Waals surface area contributed by atoms with E-state index >= 15 is 0 Å². The van der Waals surface area contributed by atoms with Crippen LogP contribution in [0.3, 0.4) is 0 Å². The SMILES string of the molecule is COCCOCCCNC1CCN(C(C)C)CC1. The number of nitrogens with zero attached hydrogens (tertiary/aromatic N) is 1. The normalized spacial score (nSPS) is 18.7. The zero-order valence-electron chi connectivity index (χ0n) is 12.3. The number of hydrogen-bond acceptors (Lipinski definition) is 4. The second-order valence-corrected chi connectivity index (χ2v) is 5.32. The van der Waals surface area contributed by atoms with Crippen LogP contribution in [0.25, 0.3) is 0 Å². The molecule has 1 aliphatic heterocycles. The predicted octanol–water partition coefficient (Wildman–Crippen LogP) is 1.50. The molecule has 0 aromatic carbocycles. The molecule has 0 atom stereocenters. The van der Waals surface area contributed by atoms with Crippen molar-refractivity contribution in [2.45, 2.75) is 45.2 Å². The second-order valence-electron chi connectivity index (χ2n) is 5.32. The van der Waals surface area contributed by atoms with Crippen LogP contribution in [0.2, 0.25) is 0 Å². The lowest BCUT2D eigenvalue weighted by Crippen LogP contribution is -2.45. The highest BCUT2D eigenvalue weighted by molar-refractivity contribution is 4.78. The summed E-state index contributed by atoms with van der Waals surface area (Å²) in [6, 6.07) is 1.40. The number of rotatable bonds is 9. The standard InChI is InChI=1S/C14H30N2O2/c1-13(2)16-8-5-14(6-9-16)15-7-4-10-18-12-11-17-3/h13-15H,4-12H2,1-3H3. The Morgan fingerprint density at radius 2 is 1.89 bits per heavy atom. The number of likely N-dealkylation sites (tertiary alicyclic amines) is 1. The van der Waals surface area contributed by atoms with E-state index in [1.54, 1.807) is 7.11 Å². The fourth-order valence-electron chi connectivity index (χ4n) is 2.34. The summed E-state index contributed by atoms with van der Waals surface area (Å²) in [4.78, 5) is 2.56. The lowest BCUT2D eigenvalue weighted by Gasteiger charge is -2.35. The van der Waals surface area contributed by atoms with E-state index in [2.05, 4.69) is 24.1 Å². The van der Waals surface area contributed by atoms with Gasteiger partial charge in [-0.3, -0.25) is 0 Å². The van der Waals surface area contributed by atoms with E-state index in [0.29, 0.717) is 25.3 Å². The van der Waals surface area contributed by atoms with Crippen LogP contribution in [-0.4, -0.2) is 63.5 Å². The van der Waals surface area contributed by atoms with Crippen LogP contribution in [0.5, 0.6) is 0 Å². The molecule has 4 nitrogen and oxygen atoms in total. The molecule has 1 heterocycles. The second kappa shape index (κ2) is 9.73. The van der Waals surface area contributed by atoms with Gasteiger partial charge in [0.25, 0.3) is 0 Å². The highest BCUT2D eigenvalue weighted by atomic mass is 16.5. The third-order valence-corrected chi connectivity index (χ3v) is 3.59. The summed E-state index contributed by atoms with van der Waals surface area (Å²) in [7, 11) is 1.70. The molecular formula is C14H30N2O2. The van der Waals surface area contributed by atoms with Gasteiger partial charge in [-0.25, -0.2) is 0 Å². The molecule has 0 bridgehead atoms. The maximum absolute atomic E-state index is 5.44. The van der Waals surface area contributed by atoms with Crippen LogP contribution in [0.1, 0.15) is 33.1 Å². The maximum Gasteiger partial charge on any atom is 0.0700 e. The van der Waals surface area contributed by atoms with Gasteiger partial charge in [-0.05, 0) is 52.7 Å². The first kappa shape index (κ1) is 15.9. The summed E-state index contributed by atoms with van der Waals surface area (Å²) in [6.45, 7) is 10.3. The Bertz CT molecular complexity index is 192. The van der Waals surface area contributed by atoms with Crippen molar-refractivity contribution in [1.29, 1.82) is 0 Å². The van der Waals surface area contributed by atoms with E-state index in [9.17, 15) is 0 Å². The first-order chi connectivity index (χ1) is 8.74. The van der Waals surface area contributed by atoms with Crippen molar-refractivity contribution in [3.8, 4) is 0 Å². The molecule has 108 valence electrons. The Morgan fingerprint density at radius 1 is 1.17 bits per heavy atom. The largest absolute Gasteiger partial charge is 0.382 e. The van der Waals surface area contributed by atoms with Gasteiger partial charge in [-0.2, -0.15) is 0 Å². The van der Waals surface area contributed by atoms with E-state index < -0.39 is 0 Å². The Morgan fingerprint density at radius 3 is 2.50 bits per heavy atom. The third kappa shape index (κ3) is 6.69. The van der Waals surface area contributed by atoms with Gasteiger partial charge in [0.05, 0.1) is 13.2 Å². The molecule has 0 radical (unpaired) electrons. The molecule has 0 unspecified atom stereocenters. The van der Waals surface area contributed by atoms with Crippen molar-refractivity contribution in [3.63, 3.8) is 0 Å². The lowest BCUT2D eigenvalue weighted by atomic mass is 10.0. The van der Waals surface area contributed by atoms with Crippen molar-refractivity contribution < 1.29 is 9.47 Å². The summed E-state index contributed by atoms with van der Waals surface area (Å²) >= 11 is 0. The monoisotopic (exact) mass is 258 g/mol. The van der Waals surface area contributed by atoms with E-state index in [1.807, 2.05) is 0 Å². The highest BCUT2D eigenvalue weighted by Gasteiger charge is 2.19. The first-order valence-corrected chi connectivity index (χ1v) is 7.28. The van der Waals surface area contributed by atoms with Gasteiger partial charge in [-0.15, -0.1) is 0 Å². The van der Waals surface area contributed by atoms with Gasteiger partial charge >= 0.3 is 0 Å². The van der Waals surface area contributed by atoms with E-state index in [4.69, 9.17) is 9.47 Å². The molecule has 0 aromatic heterocycles. The quantitative estimate of drug-likeness (QED) is 0.636. The minimum absolute atomic E-state index is 0.695. The number of methoxy groups -OCH3 is 1. The van der Waals surface area contributed by atoms with Crippen molar-refractivity contribution in [1.82, 2.24) is 10.2 Å². The van der Waals surface area contributed by atoms with Gasteiger partial charge in [0, 0.05) is 25.8 Å². The Balaban J connectivity index is 1.91. The van der Waals surface area contributed by atoms with Gasteiger partial charge in [-0.1, -0.05) is 0 Å². The topological polar surface area (TPSA) is 33.7 Å². The molecule has 4 heteroatoms. The van der Waals surface area contributed by atoms with Crippen LogP contribution in [0.4, 0.5) is 0 Å². The molecular weight excluding hydrogens is 228 g/mol. The zero-order valence-corrected chi connectivity index (χ0v) is 12.3. The van der Waals surface area contributed by atoms with E-state index in [-0.39, 0.29) is 0 Å². The molecule has 0 saturated carbocycles. The van der Waals surface area contributed by atoms with Gasteiger partial charge in [0.1, 0.15) is 0 Å². The number of piperidine rings is 1. The van der Waals surface area contributed by atoms with Gasteiger partial charge in [0.15, 0.2) is 0 Å². The molecule has 0 aromatic rings. The smallest absolute Gasteiger partial charge is 0.0700 e. The lowest BCUT2D eigenvalue weighted by molar-refractivity contribution is 0.0687. The van der Waals surface area contributed by atoms with Crippen LogP contribution in [0, 0.1) is 0 Å². The maximum atomic E-state index is 5.44. The molecule has 18 heavy (non-hydrogen) atoms. The molecule has 0 aliphatic carbocycles. The fourth-order valence-corrected chi connectivity index (χ4v) is 2.34. The molecule has 1 fully saturated rings. The number of ether oxygens (including phenoxy) is 2. The summed E-state index contributed by atoms with van der Waals surface area (Å²) < 4.78 is 10.4. The summed E-state index contributed by atoms with van der Waals surface area (Å²) in [6.07, 6.45) is 3.65. The van der Waals surface area contributed by atoms with Crippen molar-refractivity contribution in [3.05, 3.63) is 0 Å². The molecule has 0 spiro atoms. The van der Waals surface area contributed by atoms with E-state index in [0.717, 1.165) is 19.6 Å². The minimum Gasteiger partial charge on any atom is -0.382 e. The molecule has 0 amide bonds. The zero-order chi connectivity index (χ0) is 13.2. The third-order valence-electron chi connectivity index (χ3n) is 3.59.